The highest BCUT2D eigenvalue weighted by Gasteiger charge is 2.10. The van der Waals surface area contributed by atoms with Crippen LogP contribution in [0.3, 0.4) is 0 Å². The molecule has 5 nitrogen and oxygen atoms in total. The second kappa shape index (κ2) is 11.0. The largest absolute Gasteiger partial charge is 0.272 e. The van der Waals surface area contributed by atoms with E-state index in [4.69, 9.17) is 11.6 Å². The van der Waals surface area contributed by atoms with E-state index in [-0.39, 0.29) is 11.7 Å². The van der Waals surface area contributed by atoms with Gasteiger partial charge in [0.2, 0.25) is 0 Å². The number of carbonyl (C=O) groups excluding carboxylic acids is 1. The third-order valence-electron chi connectivity index (χ3n) is 4.56. The Balaban J connectivity index is 1.27. The van der Waals surface area contributed by atoms with Gasteiger partial charge in [-0.15, -0.1) is 10.2 Å². The molecule has 0 saturated carbocycles. The van der Waals surface area contributed by atoms with E-state index in [1.165, 1.54) is 39.4 Å². The lowest BCUT2D eigenvalue weighted by atomic mass is 10.1. The Labute approximate surface area is 203 Å². The average Bonchev–Trinajstić information content (AvgIpc) is 3.28. The van der Waals surface area contributed by atoms with Crippen molar-refractivity contribution in [2.75, 3.05) is 5.75 Å². The van der Waals surface area contributed by atoms with E-state index in [1.54, 1.807) is 23.9 Å². The van der Waals surface area contributed by atoms with E-state index < -0.39 is 0 Å². The average molecular weight is 499 g/mol. The fourth-order valence-electron chi connectivity index (χ4n) is 2.93. The van der Waals surface area contributed by atoms with Crippen LogP contribution in [0.4, 0.5) is 0 Å². The summed E-state index contributed by atoms with van der Waals surface area (Å²) in [7, 11) is 0. The van der Waals surface area contributed by atoms with E-state index in [9.17, 15) is 4.79 Å². The molecule has 0 unspecified atom stereocenters. The molecule has 1 amide bonds. The quantitative estimate of drug-likeness (QED) is 0.176. The van der Waals surface area contributed by atoms with Crippen LogP contribution >= 0.6 is 46.5 Å². The Morgan fingerprint density at radius 1 is 1.00 bits per heavy atom. The summed E-state index contributed by atoms with van der Waals surface area (Å²) in [6.45, 7) is 1.83. The molecule has 0 spiro atoms. The first kappa shape index (κ1) is 22.8. The molecule has 162 valence electrons. The van der Waals surface area contributed by atoms with Crippen LogP contribution in [0, 0.1) is 0 Å². The van der Waals surface area contributed by atoms with Gasteiger partial charge in [0.15, 0.2) is 8.68 Å². The number of nitrogens with zero attached hydrogens (tertiary/aromatic N) is 3. The molecule has 1 heterocycles. The van der Waals surface area contributed by atoms with Crippen molar-refractivity contribution >= 4 is 68.9 Å². The fraction of sp³-hybridized carbons (Fsp3) is 0.130. The van der Waals surface area contributed by atoms with Crippen molar-refractivity contribution in [2.24, 2.45) is 5.10 Å². The molecule has 0 saturated heterocycles. The standard InChI is InChI=1S/C23H19ClN4OS3/c1-15(16-9-11-19(24)12-10-16)25-26-21(29)14-31-23-28-27-22(32-23)30-13-18-7-4-6-17-5-2-3-8-20(17)18/h2-12H,13-14H2,1H3,(H,26,29)/b25-15+. The number of halogens is 1. The van der Waals surface area contributed by atoms with E-state index in [0.29, 0.717) is 10.7 Å². The second-order valence-electron chi connectivity index (χ2n) is 6.79. The Kier molecular flexibility index (Phi) is 7.81. The van der Waals surface area contributed by atoms with Crippen LogP contribution in [-0.2, 0) is 10.5 Å². The normalized spacial score (nSPS) is 11.6. The predicted octanol–water partition coefficient (Wildman–Crippen LogP) is 6.27. The Morgan fingerprint density at radius 2 is 1.72 bits per heavy atom. The van der Waals surface area contributed by atoms with Crippen LogP contribution < -0.4 is 5.43 Å². The number of thioether (sulfide) groups is 2. The molecular weight excluding hydrogens is 480 g/mol. The van der Waals surface area contributed by atoms with E-state index in [2.05, 4.69) is 57.1 Å². The number of hydrazone groups is 1. The molecule has 0 aliphatic heterocycles. The first-order valence-corrected chi connectivity index (χ1v) is 12.9. The lowest BCUT2D eigenvalue weighted by Crippen LogP contribution is -2.21. The highest BCUT2D eigenvalue weighted by atomic mass is 35.5. The number of rotatable bonds is 8. The van der Waals surface area contributed by atoms with Crippen LogP contribution in [0.15, 0.2) is 80.5 Å². The van der Waals surface area contributed by atoms with Crippen LogP contribution in [0.1, 0.15) is 18.1 Å². The summed E-state index contributed by atoms with van der Waals surface area (Å²) in [5.74, 6) is 0.850. The molecule has 0 fully saturated rings. The Hall–Kier alpha value is -2.39. The number of hydrogen-bond acceptors (Lipinski definition) is 7. The highest BCUT2D eigenvalue weighted by molar-refractivity contribution is 8.03. The maximum atomic E-state index is 12.1. The number of benzene rings is 3. The molecule has 4 aromatic rings. The highest BCUT2D eigenvalue weighted by Crippen LogP contribution is 2.32. The maximum absolute atomic E-state index is 12.1. The van der Waals surface area contributed by atoms with E-state index in [0.717, 1.165) is 20.0 Å². The summed E-state index contributed by atoms with van der Waals surface area (Å²) in [6, 6.07) is 22.0. The Morgan fingerprint density at radius 3 is 2.53 bits per heavy atom. The zero-order valence-electron chi connectivity index (χ0n) is 17.1. The smallest absolute Gasteiger partial charge is 0.250 e. The predicted molar refractivity (Wildman–Crippen MR) is 136 cm³/mol. The zero-order chi connectivity index (χ0) is 22.3. The van der Waals surface area contributed by atoms with Gasteiger partial charge in [0.05, 0.1) is 11.5 Å². The lowest BCUT2D eigenvalue weighted by molar-refractivity contribution is -0.118. The molecule has 0 radical (unpaired) electrons. The van der Waals surface area contributed by atoms with Crippen molar-refractivity contribution in [3.63, 3.8) is 0 Å². The molecule has 0 aliphatic rings. The fourth-order valence-corrected chi connectivity index (χ4v) is 5.88. The number of aromatic nitrogens is 2. The summed E-state index contributed by atoms with van der Waals surface area (Å²) in [5.41, 5.74) is 5.47. The first-order chi connectivity index (χ1) is 15.6. The number of hydrogen-bond donors (Lipinski definition) is 1. The minimum atomic E-state index is -0.191. The SMILES string of the molecule is C/C(=N\NC(=O)CSc1nnc(SCc2cccc3ccccc23)s1)c1ccc(Cl)cc1. The molecule has 4 rings (SSSR count). The van der Waals surface area contributed by atoms with Gasteiger partial charge in [-0.1, -0.05) is 101 Å². The van der Waals surface area contributed by atoms with Crippen molar-refractivity contribution in [2.45, 2.75) is 21.4 Å². The number of amides is 1. The molecule has 9 heteroatoms. The molecule has 0 bridgehead atoms. The van der Waals surface area contributed by atoms with Gasteiger partial charge in [-0.3, -0.25) is 4.79 Å². The van der Waals surface area contributed by atoms with E-state index in [1.807, 2.05) is 25.1 Å². The molecule has 0 aliphatic carbocycles. The molecule has 1 N–H and O–H groups in total. The summed E-state index contributed by atoms with van der Waals surface area (Å²) in [6.07, 6.45) is 0. The first-order valence-electron chi connectivity index (χ1n) is 9.73. The third-order valence-corrected chi connectivity index (χ3v) is 8.05. The monoisotopic (exact) mass is 498 g/mol. The van der Waals surface area contributed by atoms with Crippen molar-refractivity contribution in [3.05, 3.63) is 82.9 Å². The van der Waals surface area contributed by atoms with Gasteiger partial charge in [0.25, 0.3) is 5.91 Å². The van der Waals surface area contributed by atoms with Gasteiger partial charge in [-0.2, -0.15) is 5.10 Å². The van der Waals surface area contributed by atoms with Crippen molar-refractivity contribution in [3.8, 4) is 0 Å². The Bertz CT molecular complexity index is 1250. The van der Waals surface area contributed by atoms with Gasteiger partial charge >= 0.3 is 0 Å². The van der Waals surface area contributed by atoms with Gasteiger partial charge in [0.1, 0.15) is 0 Å². The lowest BCUT2D eigenvalue weighted by Gasteiger charge is -2.04. The zero-order valence-corrected chi connectivity index (χ0v) is 20.3. The van der Waals surface area contributed by atoms with Crippen LogP contribution in [0.25, 0.3) is 10.8 Å². The molecule has 32 heavy (non-hydrogen) atoms. The molecule has 0 atom stereocenters. The van der Waals surface area contributed by atoms with Crippen LogP contribution in [0.5, 0.6) is 0 Å². The maximum Gasteiger partial charge on any atom is 0.250 e. The molecule has 1 aromatic heterocycles. The minimum Gasteiger partial charge on any atom is -0.272 e. The van der Waals surface area contributed by atoms with Gasteiger partial charge in [0, 0.05) is 10.8 Å². The summed E-state index contributed by atoms with van der Waals surface area (Å²) >= 11 is 10.4. The van der Waals surface area contributed by atoms with Gasteiger partial charge in [-0.25, -0.2) is 5.43 Å². The van der Waals surface area contributed by atoms with Crippen molar-refractivity contribution in [1.82, 2.24) is 15.6 Å². The van der Waals surface area contributed by atoms with Crippen molar-refractivity contribution < 1.29 is 4.79 Å². The molecule has 3 aromatic carbocycles. The number of carbonyl (C=O) groups is 1. The number of fused-ring (bicyclic) bond motifs is 1. The van der Waals surface area contributed by atoms with Crippen LogP contribution in [-0.4, -0.2) is 27.6 Å². The summed E-state index contributed by atoms with van der Waals surface area (Å²) in [5, 5.41) is 15.8. The topological polar surface area (TPSA) is 67.2 Å². The third kappa shape index (κ3) is 6.10. The van der Waals surface area contributed by atoms with Crippen molar-refractivity contribution in [1.29, 1.82) is 0 Å². The second-order valence-corrected chi connectivity index (χ2v) is 10.6. The van der Waals surface area contributed by atoms with Gasteiger partial charge < -0.3 is 0 Å². The number of nitrogens with one attached hydrogen (secondary N) is 1. The van der Waals surface area contributed by atoms with E-state index >= 15 is 0 Å². The summed E-state index contributed by atoms with van der Waals surface area (Å²) in [4.78, 5) is 12.1. The summed E-state index contributed by atoms with van der Waals surface area (Å²) < 4.78 is 1.65. The molecular formula is C23H19ClN4OS3. The minimum absolute atomic E-state index is 0.191. The van der Waals surface area contributed by atoms with Crippen LogP contribution in [0.2, 0.25) is 5.02 Å². The van der Waals surface area contributed by atoms with Gasteiger partial charge in [-0.05, 0) is 41.0 Å².